The fourth-order valence-electron chi connectivity index (χ4n) is 3.21. The fourth-order valence-corrected chi connectivity index (χ4v) is 3.60. The van der Waals surface area contributed by atoms with E-state index >= 15 is 0 Å². The highest BCUT2D eigenvalue weighted by atomic mass is 35.5. The van der Waals surface area contributed by atoms with Crippen LogP contribution in [0.4, 0.5) is 0 Å². The Morgan fingerprint density at radius 2 is 2.08 bits per heavy atom. The van der Waals surface area contributed by atoms with E-state index < -0.39 is 5.97 Å². The Kier molecular flexibility index (Phi) is 5.74. The minimum Gasteiger partial charge on any atom is -0.478 e. The second kappa shape index (κ2) is 8.02. The number of nitrogens with zero attached hydrogens (tertiary/aromatic N) is 2. The van der Waals surface area contributed by atoms with Crippen LogP contribution in [0.2, 0.25) is 10.0 Å². The molecule has 0 saturated heterocycles. The summed E-state index contributed by atoms with van der Waals surface area (Å²) in [5.74, 6) is -0.880. The first kappa shape index (κ1) is 18.6. The zero-order valence-electron chi connectivity index (χ0n) is 14.2. The molecule has 4 nitrogen and oxygen atoms in total. The van der Waals surface area contributed by atoms with Crippen LogP contribution >= 0.6 is 23.2 Å². The van der Waals surface area contributed by atoms with Crippen LogP contribution in [0.25, 0.3) is 0 Å². The maximum atomic E-state index is 11.7. The molecule has 1 aromatic heterocycles. The first-order chi connectivity index (χ1) is 12.4. The number of aliphatic imine (C=N–C) groups is 1. The third-order valence-corrected chi connectivity index (χ3v) is 5.09. The van der Waals surface area contributed by atoms with Gasteiger partial charge in [-0.05, 0) is 61.9 Å². The van der Waals surface area contributed by atoms with E-state index in [9.17, 15) is 9.90 Å². The molecule has 0 radical (unpaired) electrons. The van der Waals surface area contributed by atoms with Gasteiger partial charge in [-0.15, -0.1) is 0 Å². The summed E-state index contributed by atoms with van der Waals surface area (Å²) in [7, 11) is 0. The smallest absolute Gasteiger partial charge is 0.333 e. The van der Waals surface area contributed by atoms with Crippen molar-refractivity contribution in [2.24, 2.45) is 10.9 Å². The summed E-state index contributed by atoms with van der Waals surface area (Å²) < 4.78 is 0. The van der Waals surface area contributed by atoms with Crippen molar-refractivity contribution in [1.29, 1.82) is 0 Å². The van der Waals surface area contributed by atoms with Gasteiger partial charge in [-0.3, -0.25) is 9.98 Å². The molecular weight excluding hydrogens is 371 g/mol. The van der Waals surface area contributed by atoms with Crippen LogP contribution in [0.5, 0.6) is 0 Å². The molecule has 1 N–H and O–H groups in total. The molecule has 2 aromatic rings. The Morgan fingerprint density at radius 1 is 1.27 bits per heavy atom. The lowest BCUT2D eigenvalue weighted by atomic mass is 9.87. The molecule has 0 saturated carbocycles. The molecule has 2 heterocycles. The summed E-state index contributed by atoms with van der Waals surface area (Å²) >= 11 is 12.4. The van der Waals surface area contributed by atoms with Crippen LogP contribution < -0.4 is 0 Å². The monoisotopic (exact) mass is 388 g/mol. The van der Waals surface area contributed by atoms with Crippen molar-refractivity contribution in [3.63, 3.8) is 0 Å². The number of hydrogen-bond donors (Lipinski definition) is 1. The molecule has 26 heavy (non-hydrogen) atoms. The number of hydrogen-bond acceptors (Lipinski definition) is 3. The molecular formula is C20H18Cl2N2O2. The molecule has 1 aliphatic rings. The van der Waals surface area contributed by atoms with Gasteiger partial charge < -0.3 is 5.11 Å². The van der Waals surface area contributed by atoms with Crippen LogP contribution in [0.15, 0.2) is 59.0 Å². The van der Waals surface area contributed by atoms with Crippen LogP contribution in [0.3, 0.4) is 0 Å². The number of rotatable bonds is 4. The van der Waals surface area contributed by atoms with E-state index in [-0.39, 0.29) is 5.92 Å². The summed E-state index contributed by atoms with van der Waals surface area (Å²) in [6, 6.07) is 9.14. The molecule has 0 aliphatic carbocycles. The van der Waals surface area contributed by atoms with E-state index in [2.05, 4.69) is 9.98 Å². The molecule has 1 aromatic carbocycles. The third-order valence-electron chi connectivity index (χ3n) is 4.48. The SMILES string of the molecule is CC1=C(C(=O)O)C[C@@H](Cc2cc(Cl)ccc2Cl)CC(c2cccnc2)=N1. The van der Waals surface area contributed by atoms with Crippen LogP contribution in [-0.2, 0) is 11.2 Å². The minimum absolute atomic E-state index is 0.0495. The Morgan fingerprint density at radius 3 is 2.77 bits per heavy atom. The van der Waals surface area contributed by atoms with Crippen molar-refractivity contribution in [3.8, 4) is 0 Å². The zero-order chi connectivity index (χ0) is 18.7. The van der Waals surface area contributed by atoms with E-state index in [1.165, 1.54) is 0 Å². The standard InChI is InChI=1S/C20H18Cl2N2O2/c1-12-17(20(25)26)8-13(7-15-10-16(21)4-5-18(15)22)9-19(24-12)14-3-2-6-23-11-14/h2-6,10-11,13H,7-9H2,1H3,(H,25,26)/t13-/m1/s1. The molecule has 1 aliphatic heterocycles. The van der Waals surface area contributed by atoms with Gasteiger partial charge in [0, 0.05) is 39.4 Å². The number of pyridine rings is 1. The average Bonchev–Trinajstić information content (AvgIpc) is 2.78. The number of benzene rings is 1. The van der Waals surface area contributed by atoms with Crippen molar-refractivity contribution < 1.29 is 9.90 Å². The summed E-state index contributed by atoms with van der Waals surface area (Å²) in [6.45, 7) is 1.74. The van der Waals surface area contributed by atoms with Crippen molar-refractivity contribution in [2.75, 3.05) is 0 Å². The number of halogens is 2. The van der Waals surface area contributed by atoms with Crippen molar-refractivity contribution in [1.82, 2.24) is 4.98 Å². The highest BCUT2D eigenvalue weighted by Crippen LogP contribution is 2.31. The number of allylic oxidation sites excluding steroid dienone is 1. The fraction of sp³-hybridized carbons (Fsp3) is 0.250. The lowest BCUT2D eigenvalue weighted by Crippen LogP contribution is -2.14. The number of carboxylic acids is 1. The Balaban J connectivity index is 1.97. The van der Waals surface area contributed by atoms with Crippen LogP contribution in [0, 0.1) is 5.92 Å². The molecule has 0 spiro atoms. The molecule has 0 unspecified atom stereocenters. The molecule has 3 rings (SSSR count). The van der Waals surface area contributed by atoms with E-state index in [1.807, 2.05) is 18.2 Å². The molecule has 1 atom stereocenters. The number of carbonyl (C=O) groups is 1. The second-order valence-corrected chi connectivity index (χ2v) is 7.23. The molecule has 0 amide bonds. The molecule has 6 heteroatoms. The molecule has 134 valence electrons. The topological polar surface area (TPSA) is 62.5 Å². The van der Waals surface area contributed by atoms with E-state index in [0.717, 1.165) is 16.8 Å². The summed E-state index contributed by atoms with van der Waals surface area (Å²) in [5.41, 5.74) is 3.54. The van der Waals surface area contributed by atoms with Gasteiger partial charge >= 0.3 is 5.97 Å². The van der Waals surface area contributed by atoms with Gasteiger partial charge in [0.15, 0.2) is 0 Å². The average molecular weight is 389 g/mol. The van der Waals surface area contributed by atoms with E-state index in [4.69, 9.17) is 23.2 Å². The van der Waals surface area contributed by atoms with Gasteiger partial charge in [-0.1, -0.05) is 29.3 Å². The third kappa shape index (κ3) is 4.32. The summed E-state index contributed by atoms with van der Waals surface area (Å²) in [6.07, 6.45) is 5.15. The summed E-state index contributed by atoms with van der Waals surface area (Å²) in [5, 5.41) is 10.8. The largest absolute Gasteiger partial charge is 0.478 e. The molecule has 0 bridgehead atoms. The lowest BCUT2D eigenvalue weighted by molar-refractivity contribution is -0.133. The first-order valence-electron chi connectivity index (χ1n) is 8.29. The van der Waals surface area contributed by atoms with Crippen molar-refractivity contribution >= 4 is 34.9 Å². The second-order valence-electron chi connectivity index (χ2n) is 6.38. The maximum absolute atomic E-state index is 11.7. The number of carboxylic acid groups (broad SMARTS) is 1. The van der Waals surface area contributed by atoms with Crippen molar-refractivity contribution in [3.05, 3.63) is 75.2 Å². The molecule has 0 fully saturated rings. The van der Waals surface area contributed by atoms with Gasteiger partial charge in [0.1, 0.15) is 0 Å². The Hall–Kier alpha value is -2.17. The summed E-state index contributed by atoms with van der Waals surface area (Å²) in [4.78, 5) is 20.4. The van der Waals surface area contributed by atoms with Crippen LogP contribution in [0.1, 0.15) is 30.9 Å². The van der Waals surface area contributed by atoms with Gasteiger partial charge in [0.05, 0.1) is 5.57 Å². The first-order valence-corrected chi connectivity index (χ1v) is 9.04. The minimum atomic E-state index is -0.930. The Bertz CT molecular complexity index is 892. The number of aliphatic carboxylic acids is 1. The maximum Gasteiger partial charge on any atom is 0.333 e. The van der Waals surface area contributed by atoms with Crippen molar-refractivity contribution in [2.45, 2.75) is 26.2 Å². The highest BCUT2D eigenvalue weighted by Gasteiger charge is 2.25. The zero-order valence-corrected chi connectivity index (χ0v) is 15.8. The van der Waals surface area contributed by atoms with E-state index in [1.54, 1.807) is 31.5 Å². The van der Waals surface area contributed by atoms with E-state index in [0.29, 0.717) is 40.6 Å². The normalized spacial score (nSPS) is 17.7. The highest BCUT2D eigenvalue weighted by molar-refractivity contribution is 6.33. The quantitative estimate of drug-likeness (QED) is 0.783. The van der Waals surface area contributed by atoms with Gasteiger partial charge in [-0.2, -0.15) is 0 Å². The van der Waals surface area contributed by atoms with Gasteiger partial charge in [0.25, 0.3) is 0 Å². The number of aromatic nitrogens is 1. The van der Waals surface area contributed by atoms with Crippen LogP contribution in [-0.4, -0.2) is 21.8 Å². The van der Waals surface area contributed by atoms with Gasteiger partial charge in [0.2, 0.25) is 0 Å². The predicted octanol–water partition coefficient (Wildman–Crippen LogP) is 5.19. The lowest BCUT2D eigenvalue weighted by Gasteiger charge is -2.17. The van der Waals surface area contributed by atoms with Gasteiger partial charge in [-0.25, -0.2) is 4.79 Å². The predicted molar refractivity (Wildman–Crippen MR) is 104 cm³/mol. The Labute approximate surface area is 162 Å².